The second-order valence-corrected chi connectivity index (χ2v) is 5.93. The van der Waals surface area contributed by atoms with Crippen molar-refractivity contribution >= 4 is 5.91 Å². The summed E-state index contributed by atoms with van der Waals surface area (Å²) in [4.78, 5) is 14.3. The fourth-order valence-electron chi connectivity index (χ4n) is 2.94. The average Bonchev–Trinajstić information content (AvgIpc) is 2.76. The average molecular weight is 292 g/mol. The summed E-state index contributed by atoms with van der Waals surface area (Å²) in [6.45, 7) is 6.16. The van der Waals surface area contributed by atoms with Gasteiger partial charge in [0.2, 0.25) is 5.91 Å². The van der Waals surface area contributed by atoms with Gasteiger partial charge in [-0.3, -0.25) is 10.1 Å². The van der Waals surface area contributed by atoms with Crippen LogP contribution in [-0.2, 0) is 4.79 Å². The van der Waals surface area contributed by atoms with Gasteiger partial charge >= 0.3 is 0 Å². The topological polar surface area (TPSA) is 32.3 Å². The Hall–Kier alpha value is -1.42. The Morgan fingerprint density at radius 2 is 1.95 bits per heavy atom. The molecule has 0 radical (unpaired) electrons. The highest BCUT2D eigenvalue weighted by atomic mass is 19.1. The van der Waals surface area contributed by atoms with E-state index in [1.165, 1.54) is 25.0 Å². The predicted octanol–water partition coefficient (Wildman–Crippen LogP) is 3.61. The van der Waals surface area contributed by atoms with Crippen LogP contribution in [0.1, 0.15) is 58.2 Å². The molecule has 0 aliphatic carbocycles. The number of hydrogen-bond donors (Lipinski definition) is 1. The second kappa shape index (κ2) is 7.03. The van der Waals surface area contributed by atoms with Crippen molar-refractivity contribution in [3.63, 3.8) is 0 Å². The summed E-state index contributed by atoms with van der Waals surface area (Å²) in [5, 5.41) is 3.31. The maximum Gasteiger partial charge on any atom is 0.241 e. The highest BCUT2D eigenvalue weighted by Gasteiger charge is 2.39. The smallest absolute Gasteiger partial charge is 0.241 e. The van der Waals surface area contributed by atoms with Crippen LogP contribution >= 0.6 is 0 Å². The van der Waals surface area contributed by atoms with Crippen molar-refractivity contribution < 1.29 is 9.18 Å². The Labute approximate surface area is 126 Å². The molecule has 0 bridgehead atoms. The van der Waals surface area contributed by atoms with Crippen molar-refractivity contribution in [1.29, 1.82) is 0 Å². The number of halogens is 1. The first-order valence-electron chi connectivity index (χ1n) is 7.88. The molecule has 1 amide bonds. The molecule has 21 heavy (non-hydrogen) atoms. The Balaban J connectivity index is 2.14. The largest absolute Gasteiger partial charge is 0.319 e. The number of carbonyl (C=O) groups is 1. The van der Waals surface area contributed by atoms with Gasteiger partial charge < -0.3 is 4.90 Å². The quantitative estimate of drug-likeness (QED) is 0.812. The molecule has 3 atom stereocenters. The molecule has 1 fully saturated rings. The molecular formula is C17H25FN2O. The molecule has 1 aromatic carbocycles. The predicted molar refractivity (Wildman–Crippen MR) is 82.2 cm³/mol. The van der Waals surface area contributed by atoms with Crippen LogP contribution in [0.2, 0.25) is 0 Å². The summed E-state index contributed by atoms with van der Waals surface area (Å²) < 4.78 is 13.1. The van der Waals surface area contributed by atoms with Crippen molar-refractivity contribution in [2.24, 2.45) is 0 Å². The molecule has 0 spiro atoms. The molecule has 0 saturated carbocycles. The lowest BCUT2D eigenvalue weighted by molar-refractivity contribution is -0.131. The van der Waals surface area contributed by atoms with Gasteiger partial charge in [-0.2, -0.15) is 0 Å². The second-order valence-electron chi connectivity index (χ2n) is 5.93. The summed E-state index contributed by atoms with van der Waals surface area (Å²) >= 11 is 0. The summed E-state index contributed by atoms with van der Waals surface area (Å²) in [6, 6.07) is 6.41. The van der Waals surface area contributed by atoms with E-state index in [-0.39, 0.29) is 30.0 Å². The Morgan fingerprint density at radius 3 is 2.57 bits per heavy atom. The van der Waals surface area contributed by atoms with Crippen LogP contribution < -0.4 is 5.32 Å². The lowest BCUT2D eigenvalue weighted by Gasteiger charge is -2.30. The van der Waals surface area contributed by atoms with Gasteiger partial charge in [0.15, 0.2) is 0 Å². The number of nitrogens with one attached hydrogen (secondary N) is 1. The highest BCUT2D eigenvalue weighted by Crippen LogP contribution is 2.29. The van der Waals surface area contributed by atoms with E-state index < -0.39 is 0 Å². The Bertz CT molecular complexity index is 474. The van der Waals surface area contributed by atoms with E-state index >= 15 is 0 Å². The van der Waals surface area contributed by atoms with Gasteiger partial charge in [-0.05, 0) is 38.0 Å². The van der Waals surface area contributed by atoms with Crippen LogP contribution in [0.15, 0.2) is 24.3 Å². The molecule has 1 saturated heterocycles. The van der Waals surface area contributed by atoms with Crippen LogP contribution in [0, 0.1) is 5.82 Å². The van der Waals surface area contributed by atoms with E-state index in [0.29, 0.717) is 0 Å². The highest BCUT2D eigenvalue weighted by molar-refractivity contribution is 5.84. The molecule has 1 aromatic rings. The molecule has 1 aliphatic rings. The number of hydrogen-bond acceptors (Lipinski definition) is 2. The molecule has 1 aliphatic heterocycles. The molecule has 1 N–H and O–H groups in total. The van der Waals surface area contributed by atoms with E-state index in [1.807, 2.05) is 11.8 Å². The Kier molecular flexibility index (Phi) is 5.34. The zero-order chi connectivity index (χ0) is 15.4. The number of unbranched alkanes of at least 4 members (excludes halogenated alkanes) is 2. The van der Waals surface area contributed by atoms with Gasteiger partial charge in [-0.25, -0.2) is 4.39 Å². The van der Waals surface area contributed by atoms with Gasteiger partial charge in [0, 0.05) is 6.04 Å². The first-order valence-corrected chi connectivity index (χ1v) is 7.88. The maximum atomic E-state index is 13.1. The molecule has 116 valence electrons. The SMILES string of the molecule is CCCCCC(C)N1C(=O)C(C)NC1c1ccc(F)cc1. The van der Waals surface area contributed by atoms with Crippen molar-refractivity contribution in [3.05, 3.63) is 35.6 Å². The van der Waals surface area contributed by atoms with Crippen molar-refractivity contribution in [2.75, 3.05) is 0 Å². The van der Waals surface area contributed by atoms with Gasteiger partial charge in [0.05, 0.1) is 6.04 Å². The number of rotatable bonds is 6. The zero-order valence-corrected chi connectivity index (χ0v) is 13.1. The van der Waals surface area contributed by atoms with Gasteiger partial charge in [0.1, 0.15) is 12.0 Å². The van der Waals surface area contributed by atoms with Crippen LogP contribution in [0.3, 0.4) is 0 Å². The fraction of sp³-hybridized carbons (Fsp3) is 0.588. The fourth-order valence-corrected chi connectivity index (χ4v) is 2.94. The molecule has 4 heteroatoms. The van der Waals surface area contributed by atoms with E-state index in [0.717, 1.165) is 18.4 Å². The maximum absolute atomic E-state index is 13.1. The first-order chi connectivity index (χ1) is 10.0. The Morgan fingerprint density at radius 1 is 1.29 bits per heavy atom. The number of amides is 1. The summed E-state index contributed by atoms with van der Waals surface area (Å²) in [6.07, 6.45) is 4.36. The molecule has 3 nitrogen and oxygen atoms in total. The van der Waals surface area contributed by atoms with E-state index in [1.54, 1.807) is 12.1 Å². The van der Waals surface area contributed by atoms with Crippen molar-refractivity contribution in [3.8, 4) is 0 Å². The molecular weight excluding hydrogens is 267 g/mol. The normalized spacial score (nSPS) is 23.6. The van der Waals surface area contributed by atoms with Crippen molar-refractivity contribution in [2.45, 2.75) is 64.7 Å². The zero-order valence-electron chi connectivity index (χ0n) is 13.1. The molecule has 1 heterocycles. The van der Waals surface area contributed by atoms with E-state index in [9.17, 15) is 9.18 Å². The minimum Gasteiger partial charge on any atom is -0.319 e. The number of carbonyl (C=O) groups excluding carboxylic acids is 1. The van der Waals surface area contributed by atoms with Crippen LogP contribution in [0.4, 0.5) is 4.39 Å². The van der Waals surface area contributed by atoms with Gasteiger partial charge in [0.25, 0.3) is 0 Å². The molecule has 3 unspecified atom stereocenters. The summed E-state index contributed by atoms with van der Waals surface area (Å²) in [5.41, 5.74) is 0.941. The third-order valence-electron chi connectivity index (χ3n) is 4.20. The van der Waals surface area contributed by atoms with Gasteiger partial charge in [-0.15, -0.1) is 0 Å². The number of nitrogens with zero attached hydrogens (tertiary/aromatic N) is 1. The standard InChI is InChI=1S/C17H25FN2O/c1-4-5-6-7-12(2)20-16(19-13(3)17(20)21)14-8-10-15(18)11-9-14/h8-13,16,19H,4-7H2,1-3H3. The minimum absolute atomic E-state index is 0.133. The first kappa shape index (κ1) is 16.0. The van der Waals surface area contributed by atoms with Gasteiger partial charge in [-0.1, -0.05) is 38.3 Å². The monoisotopic (exact) mass is 292 g/mol. The van der Waals surface area contributed by atoms with E-state index in [4.69, 9.17) is 0 Å². The van der Waals surface area contributed by atoms with Crippen LogP contribution in [0.5, 0.6) is 0 Å². The van der Waals surface area contributed by atoms with Crippen LogP contribution in [-0.4, -0.2) is 22.9 Å². The van der Waals surface area contributed by atoms with E-state index in [2.05, 4.69) is 19.2 Å². The summed E-state index contributed by atoms with van der Waals surface area (Å²) in [5.74, 6) is -0.119. The minimum atomic E-state index is -0.251. The molecule has 0 aromatic heterocycles. The summed E-state index contributed by atoms with van der Waals surface area (Å²) in [7, 11) is 0. The lowest BCUT2D eigenvalue weighted by atomic mass is 10.1. The molecule has 2 rings (SSSR count). The lowest BCUT2D eigenvalue weighted by Crippen LogP contribution is -2.38. The van der Waals surface area contributed by atoms with Crippen molar-refractivity contribution in [1.82, 2.24) is 10.2 Å². The van der Waals surface area contributed by atoms with Crippen LogP contribution in [0.25, 0.3) is 0 Å². The number of benzene rings is 1. The third-order valence-corrected chi connectivity index (χ3v) is 4.20. The third kappa shape index (κ3) is 3.62.